The lowest BCUT2D eigenvalue weighted by Gasteiger charge is -2.35. The molecule has 0 saturated carbocycles. The Bertz CT molecular complexity index is 227. The highest BCUT2D eigenvalue weighted by molar-refractivity contribution is 4.84. The quantitative estimate of drug-likeness (QED) is 0.740. The van der Waals surface area contributed by atoms with Gasteiger partial charge in [0.25, 0.3) is 0 Å². The third-order valence-corrected chi connectivity index (χ3v) is 4.29. The Hall–Kier alpha value is -0.120. The second-order valence-electron chi connectivity index (χ2n) is 6.66. The van der Waals surface area contributed by atoms with Crippen LogP contribution in [-0.2, 0) is 14.2 Å². The van der Waals surface area contributed by atoms with Crippen molar-refractivity contribution in [3.8, 4) is 0 Å². The third kappa shape index (κ3) is 3.93. The minimum atomic E-state index is 0.208. The highest BCUT2D eigenvalue weighted by Gasteiger charge is 2.36. The summed E-state index contributed by atoms with van der Waals surface area (Å²) in [4.78, 5) is 0. The summed E-state index contributed by atoms with van der Waals surface area (Å²) < 4.78 is 18.2. The van der Waals surface area contributed by atoms with Gasteiger partial charge in [-0.3, -0.25) is 0 Å². The first kappa shape index (κ1) is 15.3. The standard InChI is InChI=1S/C16H30O3/c1-11(2)15(13-7-5-9-17-13)19-16(12(3)4)14-8-6-10-18-14/h11-16H,5-10H2,1-4H3. The van der Waals surface area contributed by atoms with Crippen LogP contribution in [0, 0.1) is 11.8 Å². The van der Waals surface area contributed by atoms with Crippen LogP contribution in [-0.4, -0.2) is 37.6 Å². The lowest BCUT2D eigenvalue weighted by molar-refractivity contribution is -0.151. The normalized spacial score (nSPS) is 31.3. The molecule has 2 aliphatic heterocycles. The molecule has 4 unspecified atom stereocenters. The second-order valence-corrected chi connectivity index (χ2v) is 6.66. The molecule has 4 atom stereocenters. The van der Waals surface area contributed by atoms with Crippen molar-refractivity contribution in [3.05, 3.63) is 0 Å². The number of hydrogen-bond acceptors (Lipinski definition) is 3. The van der Waals surface area contributed by atoms with E-state index in [-0.39, 0.29) is 24.4 Å². The number of ether oxygens (including phenoxy) is 3. The van der Waals surface area contributed by atoms with Crippen LogP contribution in [0.5, 0.6) is 0 Å². The predicted molar refractivity (Wildman–Crippen MR) is 76.3 cm³/mol. The average molecular weight is 270 g/mol. The molecule has 2 heterocycles. The molecule has 0 aromatic rings. The molecule has 0 spiro atoms. The van der Waals surface area contributed by atoms with Crippen molar-refractivity contribution >= 4 is 0 Å². The number of hydrogen-bond donors (Lipinski definition) is 0. The molecule has 0 aliphatic carbocycles. The number of rotatable bonds is 6. The minimum absolute atomic E-state index is 0.208. The third-order valence-electron chi connectivity index (χ3n) is 4.29. The summed E-state index contributed by atoms with van der Waals surface area (Å²) in [6, 6.07) is 0. The van der Waals surface area contributed by atoms with Gasteiger partial charge in [0.1, 0.15) is 0 Å². The van der Waals surface area contributed by atoms with E-state index in [1.54, 1.807) is 0 Å². The van der Waals surface area contributed by atoms with E-state index in [9.17, 15) is 0 Å². The van der Waals surface area contributed by atoms with Gasteiger partial charge in [-0.05, 0) is 37.5 Å². The van der Waals surface area contributed by atoms with Crippen molar-refractivity contribution in [2.45, 2.75) is 77.8 Å². The van der Waals surface area contributed by atoms with Gasteiger partial charge in [-0.1, -0.05) is 27.7 Å². The van der Waals surface area contributed by atoms with Crippen LogP contribution in [0.25, 0.3) is 0 Å². The Morgan fingerprint density at radius 2 is 1.21 bits per heavy atom. The summed E-state index contributed by atoms with van der Waals surface area (Å²) in [5, 5.41) is 0. The zero-order valence-corrected chi connectivity index (χ0v) is 12.9. The molecule has 0 amide bonds. The summed E-state index contributed by atoms with van der Waals surface area (Å²) in [6.07, 6.45) is 5.59. The zero-order valence-electron chi connectivity index (χ0n) is 12.9. The van der Waals surface area contributed by atoms with Gasteiger partial charge in [-0.15, -0.1) is 0 Å². The highest BCUT2D eigenvalue weighted by Crippen LogP contribution is 2.29. The molecule has 19 heavy (non-hydrogen) atoms. The maximum Gasteiger partial charge on any atom is 0.0864 e. The van der Waals surface area contributed by atoms with Crippen LogP contribution in [0.2, 0.25) is 0 Å². The monoisotopic (exact) mass is 270 g/mol. The molecule has 2 fully saturated rings. The molecule has 3 nitrogen and oxygen atoms in total. The van der Waals surface area contributed by atoms with Gasteiger partial charge in [0.05, 0.1) is 24.4 Å². The summed E-state index contributed by atoms with van der Waals surface area (Å²) in [5.41, 5.74) is 0. The first-order valence-electron chi connectivity index (χ1n) is 7.98. The van der Waals surface area contributed by atoms with Crippen LogP contribution in [0.15, 0.2) is 0 Å². The molecule has 0 bridgehead atoms. The molecule has 2 rings (SSSR count). The Morgan fingerprint density at radius 1 is 0.789 bits per heavy atom. The molecular formula is C16H30O3. The predicted octanol–water partition coefficient (Wildman–Crippen LogP) is 3.41. The van der Waals surface area contributed by atoms with Crippen molar-refractivity contribution in [2.75, 3.05) is 13.2 Å². The van der Waals surface area contributed by atoms with Crippen molar-refractivity contribution in [1.82, 2.24) is 0 Å². The molecular weight excluding hydrogens is 240 g/mol. The van der Waals surface area contributed by atoms with Crippen LogP contribution < -0.4 is 0 Å². The zero-order chi connectivity index (χ0) is 13.8. The highest BCUT2D eigenvalue weighted by atomic mass is 16.6. The first-order valence-corrected chi connectivity index (χ1v) is 7.98. The summed E-state index contributed by atoms with van der Waals surface area (Å²) in [7, 11) is 0. The van der Waals surface area contributed by atoms with Gasteiger partial charge in [0, 0.05) is 13.2 Å². The first-order chi connectivity index (χ1) is 9.09. The Morgan fingerprint density at radius 3 is 1.47 bits per heavy atom. The van der Waals surface area contributed by atoms with Crippen molar-refractivity contribution < 1.29 is 14.2 Å². The smallest absolute Gasteiger partial charge is 0.0864 e. The fraction of sp³-hybridized carbons (Fsp3) is 1.00. The van der Waals surface area contributed by atoms with E-state index < -0.39 is 0 Å². The molecule has 0 N–H and O–H groups in total. The maximum absolute atomic E-state index is 6.49. The Kier molecular flexibility index (Phi) is 5.67. The fourth-order valence-corrected chi connectivity index (χ4v) is 3.25. The van der Waals surface area contributed by atoms with Gasteiger partial charge in [0.2, 0.25) is 0 Å². The van der Waals surface area contributed by atoms with E-state index >= 15 is 0 Å². The van der Waals surface area contributed by atoms with Crippen molar-refractivity contribution in [3.63, 3.8) is 0 Å². The summed E-state index contributed by atoms with van der Waals surface area (Å²) in [6.45, 7) is 10.7. The van der Waals surface area contributed by atoms with Gasteiger partial charge >= 0.3 is 0 Å². The van der Waals surface area contributed by atoms with Gasteiger partial charge in [-0.25, -0.2) is 0 Å². The van der Waals surface area contributed by atoms with Crippen LogP contribution >= 0.6 is 0 Å². The average Bonchev–Trinajstić information content (AvgIpc) is 3.00. The SMILES string of the molecule is CC(C)C(OC(C(C)C)C1CCCO1)C1CCCO1. The topological polar surface area (TPSA) is 27.7 Å². The van der Waals surface area contributed by atoms with Gasteiger partial charge in [0.15, 0.2) is 0 Å². The van der Waals surface area contributed by atoms with E-state index in [0.29, 0.717) is 11.8 Å². The molecule has 3 heteroatoms. The molecule has 0 aromatic carbocycles. The van der Waals surface area contributed by atoms with Gasteiger partial charge < -0.3 is 14.2 Å². The lowest BCUT2D eigenvalue weighted by atomic mass is 9.95. The Balaban J connectivity index is 1.99. The van der Waals surface area contributed by atoms with E-state index in [1.807, 2.05) is 0 Å². The van der Waals surface area contributed by atoms with Crippen molar-refractivity contribution in [1.29, 1.82) is 0 Å². The minimum Gasteiger partial charge on any atom is -0.376 e. The van der Waals surface area contributed by atoms with Gasteiger partial charge in [-0.2, -0.15) is 0 Å². The fourth-order valence-electron chi connectivity index (χ4n) is 3.25. The summed E-state index contributed by atoms with van der Waals surface area (Å²) in [5.74, 6) is 0.983. The van der Waals surface area contributed by atoms with E-state index in [4.69, 9.17) is 14.2 Å². The second kappa shape index (κ2) is 7.05. The van der Waals surface area contributed by atoms with E-state index in [1.165, 1.54) is 12.8 Å². The maximum atomic E-state index is 6.49. The lowest BCUT2D eigenvalue weighted by Crippen LogP contribution is -2.43. The van der Waals surface area contributed by atoms with E-state index in [0.717, 1.165) is 26.1 Å². The molecule has 2 aliphatic rings. The van der Waals surface area contributed by atoms with Crippen LogP contribution in [0.4, 0.5) is 0 Å². The van der Waals surface area contributed by atoms with Crippen LogP contribution in [0.3, 0.4) is 0 Å². The summed E-state index contributed by atoms with van der Waals surface area (Å²) >= 11 is 0. The Labute approximate surface area is 118 Å². The molecule has 112 valence electrons. The molecule has 2 saturated heterocycles. The van der Waals surface area contributed by atoms with Crippen molar-refractivity contribution in [2.24, 2.45) is 11.8 Å². The molecule has 0 aromatic heterocycles. The van der Waals surface area contributed by atoms with E-state index in [2.05, 4.69) is 27.7 Å². The van der Waals surface area contributed by atoms with Crippen LogP contribution in [0.1, 0.15) is 53.4 Å². The molecule has 0 radical (unpaired) electrons. The largest absolute Gasteiger partial charge is 0.376 e.